The molecule has 2 rings (SSSR count). The Bertz CT molecular complexity index is 435. The van der Waals surface area contributed by atoms with E-state index < -0.39 is 9.84 Å². The Balaban J connectivity index is 1.77. The second kappa shape index (κ2) is 6.43. The van der Waals surface area contributed by atoms with Gasteiger partial charge in [0.2, 0.25) is 5.91 Å². The second-order valence-corrected chi connectivity index (χ2v) is 8.69. The fourth-order valence-electron chi connectivity index (χ4n) is 3.33. The third kappa shape index (κ3) is 4.45. The van der Waals surface area contributed by atoms with Gasteiger partial charge in [-0.25, -0.2) is 8.42 Å². The molecule has 1 heterocycles. The molecule has 4 unspecified atom stereocenters. The van der Waals surface area contributed by atoms with Crippen molar-refractivity contribution in [3.05, 3.63) is 0 Å². The quantitative estimate of drug-likeness (QED) is 0.789. The predicted molar refractivity (Wildman–Crippen MR) is 79.2 cm³/mol. The first-order valence-corrected chi connectivity index (χ1v) is 9.65. The van der Waals surface area contributed by atoms with Gasteiger partial charge in [0.05, 0.1) is 11.8 Å². The van der Waals surface area contributed by atoms with Crippen molar-refractivity contribution < 1.29 is 13.2 Å². The molecule has 1 saturated heterocycles. The van der Waals surface area contributed by atoms with Crippen LogP contribution in [0.5, 0.6) is 0 Å². The van der Waals surface area contributed by atoms with Crippen LogP contribution in [0.4, 0.5) is 0 Å². The van der Waals surface area contributed by atoms with Gasteiger partial charge in [-0.3, -0.25) is 4.79 Å². The number of rotatable bonds is 5. The summed E-state index contributed by atoms with van der Waals surface area (Å²) in [5, 5.41) is 6.38. The van der Waals surface area contributed by atoms with Crippen molar-refractivity contribution in [2.75, 3.05) is 12.0 Å². The van der Waals surface area contributed by atoms with Crippen molar-refractivity contribution in [1.82, 2.24) is 10.6 Å². The highest BCUT2D eigenvalue weighted by molar-refractivity contribution is 7.90. The number of carbonyl (C=O) groups excluding carboxylic acids is 1. The van der Waals surface area contributed by atoms with E-state index in [2.05, 4.69) is 10.6 Å². The van der Waals surface area contributed by atoms with Gasteiger partial charge in [-0.2, -0.15) is 0 Å². The third-order valence-electron chi connectivity index (χ3n) is 4.49. The summed E-state index contributed by atoms with van der Waals surface area (Å²) in [7, 11) is -2.96. The maximum atomic E-state index is 12.2. The SMILES string of the molecule is CC(CCS(C)(=O)=O)NC(=O)C1CC2CCCCC2N1. The molecular weight excluding hydrogens is 276 g/mol. The smallest absolute Gasteiger partial charge is 0.237 e. The number of carbonyl (C=O) groups is 1. The van der Waals surface area contributed by atoms with E-state index >= 15 is 0 Å². The van der Waals surface area contributed by atoms with Crippen LogP contribution in [0.15, 0.2) is 0 Å². The van der Waals surface area contributed by atoms with E-state index in [0.717, 1.165) is 6.42 Å². The zero-order valence-electron chi connectivity index (χ0n) is 12.4. The lowest BCUT2D eigenvalue weighted by Crippen LogP contribution is -2.46. The third-order valence-corrected chi connectivity index (χ3v) is 5.47. The van der Waals surface area contributed by atoms with Crippen LogP contribution in [0.1, 0.15) is 45.4 Å². The molecule has 2 N–H and O–H groups in total. The predicted octanol–water partition coefficient (Wildman–Crippen LogP) is 0.847. The molecule has 2 aliphatic rings. The summed E-state index contributed by atoms with van der Waals surface area (Å²) >= 11 is 0. The molecule has 20 heavy (non-hydrogen) atoms. The average Bonchev–Trinajstić information content (AvgIpc) is 2.79. The summed E-state index contributed by atoms with van der Waals surface area (Å²) in [5.41, 5.74) is 0. The van der Waals surface area contributed by atoms with Crippen LogP contribution in [-0.2, 0) is 14.6 Å². The normalized spacial score (nSPS) is 31.6. The lowest BCUT2D eigenvalue weighted by Gasteiger charge is -2.24. The molecule has 6 heteroatoms. The zero-order valence-corrected chi connectivity index (χ0v) is 13.2. The van der Waals surface area contributed by atoms with E-state index in [1.54, 1.807) is 0 Å². The maximum absolute atomic E-state index is 12.2. The van der Waals surface area contributed by atoms with Crippen LogP contribution in [0.25, 0.3) is 0 Å². The van der Waals surface area contributed by atoms with Crippen molar-refractivity contribution >= 4 is 15.7 Å². The van der Waals surface area contributed by atoms with Crippen LogP contribution >= 0.6 is 0 Å². The summed E-state index contributed by atoms with van der Waals surface area (Å²) in [5.74, 6) is 0.795. The molecule has 4 atom stereocenters. The average molecular weight is 302 g/mol. The standard InChI is InChI=1S/C14H26N2O3S/c1-10(7-8-20(2,18)19)15-14(17)13-9-11-5-3-4-6-12(11)16-13/h10-13,16H,3-9H2,1-2H3,(H,15,17). The van der Waals surface area contributed by atoms with Crippen LogP contribution in [0.3, 0.4) is 0 Å². The molecule has 116 valence electrons. The van der Waals surface area contributed by atoms with Gasteiger partial charge in [0.1, 0.15) is 9.84 Å². The molecule has 1 aliphatic heterocycles. The van der Waals surface area contributed by atoms with Gasteiger partial charge in [0.15, 0.2) is 0 Å². The van der Waals surface area contributed by atoms with Crippen molar-refractivity contribution in [3.8, 4) is 0 Å². The van der Waals surface area contributed by atoms with Crippen LogP contribution < -0.4 is 10.6 Å². The number of fused-ring (bicyclic) bond motifs is 1. The molecule has 1 saturated carbocycles. The van der Waals surface area contributed by atoms with Crippen molar-refractivity contribution in [3.63, 3.8) is 0 Å². The van der Waals surface area contributed by atoms with Crippen LogP contribution in [0, 0.1) is 5.92 Å². The van der Waals surface area contributed by atoms with Gasteiger partial charge in [0.25, 0.3) is 0 Å². The molecule has 0 aromatic carbocycles. The fourth-order valence-corrected chi connectivity index (χ4v) is 4.11. The Morgan fingerprint density at radius 3 is 2.70 bits per heavy atom. The number of amides is 1. The minimum atomic E-state index is -2.96. The van der Waals surface area contributed by atoms with Gasteiger partial charge in [-0.15, -0.1) is 0 Å². The molecule has 5 nitrogen and oxygen atoms in total. The first-order valence-electron chi connectivity index (χ1n) is 7.59. The number of hydrogen-bond donors (Lipinski definition) is 2. The number of nitrogens with one attached hydrogen (secondary N) is 2. The minimum Gasteiger partial charge on any atom is -0.352 e. The summed E-state index contributed by atoms with van der Waals surface area (Å²) in [6.45, 7) is 1.87. The van der Waals surface area contributed by atoms with E-state index in [9.17, 15) is 13.2 Å². The summed E-state index contributed by atoms with van der Waals surface area (Å²) in [6, 6.07) is 0.316. The van der Waals surface area contributed by atoms with Gasteiger partial charge < -0.3 is 10.6 Å². The molecule has 0 aromatic rings. The topological polar surface area (TPSA) is 75.3 Å². The zero-order chi connectivity index (χ0) is 14.8. The lowest BCUT2D eigenvalue weighted by molar-refractivity contribution is -0.123. The highest BCUT2D eigenvalue weighted by atomic mass is 32.2. The van der Waals surface area contributed by atoms with E-state index in [1.807, 2.05) is 6.92 Å². The van der Waals surface area contributed by atoms with Gasteiger partial charge >= 0.3 is 0 Å². The van der Waals surface area contributed by atoms with Crippen molar-refractivity contribution in [1.29, 1.82) is 0 Å². The summed E-state index contributed by atoms with van der Waals surface area (Å²) < 4.78 is 22.2. The summed E-state index contributed by atoms with van der Waals surface area (Å²) in [4.78, 5) is 12.2. The van der Waals surface area contributed by atoms with E-state index in [0.29, 0.717) is 18.4 Å². The number of sulfone groups is 1. The molecule has 0 radical (unpaired) electrons. The summed E-state index contributed by atoms with van der Waals surface area (Å²) in [6.07, 6.45) is 7.57. The molecule has 0 bridgehead atoms. The van der Waals surface area contributed by atoms with Crippen molar-refractivity contribution in [2.45, 2.75) is 63.6 Å². The van der Waals surface area contributed by atoms with E-state index in [1.165, 1.54) is 31.9 Å². The molecule has 1 amide bonds. The second-order valence-electron chi connectivity index (χ2n) is 6.43. The highest BCUT2D eigenvalue weighted by Crippen LogP contribution is 2.33. The van der Waals surface area contributed by atoms with Gasteiger partial charge in [-0.1, -0.05) is 12.8 Å². The minimum absolute atomic E-state index is 0.0281. The van der Waals surface area contributed by atoms with Gasteiger partial charge in [0, 0.05) is 18.3 Å². The lowest BCUT2D eigenvalue weighted by atomic mass is 9.85. The number of hydrogen-bond acceptors (Lipinski definition) is 4. The fraction of sp³-hybridized carbons (Fsp3) is 0.929. The van der Waals surface area contributed by atoms with E-state index in [4.69, 9.17) is 0 Å². The molecule has 1 aliphatic carbocycles. The Hall–Kier alpha value is -0.620. The Labute approximate surface area is 121 Å². The molecule has 0 spiro atoms. The Morgan fingerprint density at radius 2 is 2.05 bits per heavy atom. The Kier molecular flexibility index (Phi) is 5.07. The largest absolute Gasteiger partial charge is 0.352 e. The first kappa shape index (κ1) is 15.8. The van der Waals surface area contributed by atoms with Crippen molar-refractivity contribution in [2.24, 2.45) is 5.92 Å². The monoisotopic (exact) mass is 302 g/mol. The molecule has 0 aromatic heterocycles. The van der Waals surface area contributed by atoms with Crippen LogP contribution in [-0.4, -0.2) is 44.5 Å². The van der Waals surface area contributed by atoms with Crippen LogP contribution in [0.2, 0.25) is 0 Å². The first-order chi connectivity index (χ1) is 9.35. The molecule has 2 fully saturated rings. The Morgan fingerprint density at radius 1 is 1.35 bits per heavy atom. The highest BCUT2D eigenvalue weighted by Gasteiger charge is 2.38. The van der Waals surface area contributed by atoms with Gasteiger partial charge in [-0.05, 0) is 38.5 Å². The van der Waals surface area contributed by atoms with E-state index in [-0.39, 0.29) is 23.7 Å². The maximum Gasteiger partial charge on any atom is 0.237 e. The molecular formula is C14H26N2O3S.